The van der Waals surface area contributed by atoms with Gasteiger partial charge in [0.05, 0.1) is 12.5 Å². The Bertz CT molecular complexity index is 524. The zero-order valence-corrected chi connectivity index (χ0v) is 10.9. The molecule has 0 unspecified atom stereocenters. The molecule has 94 valence electrons. The van der Waals surface area contributed by atoms with E-state index in [2.05, 4.69) is 0 Å². The lowest BCUT2D eigenvalue weighted by Crippen LogP contribution is -2.30. The molecule has 0 amide bonds. The molecule has 0 atom stereocenters. The normalized spacial score (nSPS) is 11.3. The summed E-state index contributed by atoms with van der Waals surface area (Å²) in [6.45, 7) is 3.73. The van der Waals surface area contributed by atoms with Crippen molar-refractivity contribution in [1.29, 1.82) is 0 Å². The Labute approximate surface area is 107 Å². The van der Waals surface area contributed by atoms with Crippen LogP contribution >= 0.6 is 0 Å². The molecule has 0 spiro atoms. The Balaban J connectivity index is 2.30. The second kappa shape index (κ2) is 4.69. The fourth-order valence-electron chi connectivity index (χ4n) is 1.93. The van der Waals surface area contributed by atoms with E-state index in [0.717, 1.165) is 11.3 Å². The summed E-state index contributed by atoms with van der Waals surface area (Å²) in [5.41, 5.74) is 1.40. The molecule has 3 nitrogen and oxygen atoms in total. The van der Waals surface area contributed by atoms with Crippen LogP contribution in [0.5, 0.6) is 0 Å². The Kier molecular flexibility index (Phi) is 3.24. The molecule has 1 aromatic carbocycles. The molecule has 2 rings (SSSR count). The van der Waals surface area contributed by atoms with Crippen molar-refractivity contribution in [2.75, 3.05) is 7.11 Å². The standard InChI is InChI=1S/C15H17NO2/c1-15(2,14(17)18-3)12-6-8-13(9-7-12)16-10-4-5-11-16/h4-11H,1-3H3. The quantitative estimate of drug-likeness (QED) is 0.776. The van der Waals surface area contributed by atoms with Gasteiger partial charge in [-0.05, 0) is 43.7 Å². The van der Waals surface area contributed by atoms with Crippen LogP contribution in [-0.4, -0.2) is 17.6 Å². The maximum atomic E-state index is 11.7. The summed E-state index contributed by atoms with van der Waals surface area (Å²) in [6, 6.07) is 11.9. The number of aromatic nitrogens is 1. The predicted molar refractivity (Wildman–Crippen MR) is 70.8 cm³/mol. The van der Waals surface area contributed by atoms with E-state index in [1.165, 1.54) is 7.11 Å². The minimum atomic E-state index is -0.621. The van der Waals surface area contributed by atoms with Crippen LogP contribution in [0.3, 0.4) is 0 Å². The van der Waals surface area contributed by atoms with Gasteiger partial charge in [0.25, 0.3) is 0 Å². The van der Waals surface area contributed by atoms with Crippen LogP contribution in [-0.2, 0) is 14.9 Å². The Morgan fingerprint density at radius 3 is 2.17 bits per heavy atom. The molecular formula is C15H17NO2. The fourth-order valence-corrected chi connectivity index (χ4v) is 1.93. The van der Waals surface area contributed by atoms with Gasteiger partial charge in [-0.1, -0.05) is 12.1 Å². The number of hydrogen-bond donors (Lipinski definition) is 0. The minimum Gasteiger partial charge on any atom is -0.468 e. The van der Waals surface area contributed by atoms with Gasteiger partial charge < -0.3 is 9.30 Å². The molecule has 3 heteroatoms. The second-order valence-electron chi connectivity index (χ2n) is 4.75. The van der Waals surface area contributed by atoms with E-state index in [1.807, 2.05) is 67.2 Å². The highest BCUT2D eigenvalue weighted by atomic mass is 16.5. The lowest BCUT2D eigenvalue weighted by molar-refractivity contribution is -0.146. The van der Waals surface area contributed by atoms with Crippen LogP contribution in [0.1, 0.15) is 19.4 Å². The molecule has 0 aliphatic carbocycles. The lowest BCUT2D eigenvalue weighted by Gasteiger charge is -2.22. The largest absolute Gasteiger partial charge is 0.468 e. The first-order valence-electron chi connectivity index (χ1n) is 5.88. The molecule has 0 N–H and O–H groups in total. The van der Waals surface area contributed by atoms with Crippen molar-refractivity contribution in [3.8, 4) is 5.69 Å². The number of nitrogens with zero attached hydrogens (tertiary/aromatic N) is 1. The smallest absolute Gasteiger partial charge is 0.315 e. The number of methoxy groups -OCH3 is 1. The summed E-state index contributed by atoms with van der Waals surface area (Å²) in [5, 5.41) is 0. The maximum absolute atomic E-state index is 11.7. The van der Waals surface area contributed by atoms with E-state index >= 15 is 0 Å². The molecule has 1 aromatic heterocycles. The molecule has 0 saturated carbocycles. The van der Waals surface area contributed by atoms with Crippen LogP contribution in [0.15, 0.2) is 48.8 Å². The van der Waals surface area contributed by atoms with Crippen molar-refractivity contribution in [2.45, 2.75) is 19.3 Å². The van der Waals surface area contributed by atoms with Crippen LogP contribution in [0.2, 0.25) is 0 Å². The van der Waals surface area contributed by atoms with Crippen LogP contribution in [0.25, 0.3) is 5.69 Å². The molecule has 0 aliphatic heterocycles. The van der Waals surface area contributed by atoms with E-state index in [-0.39, 0.29) is 5.97 Å². The molecule has 0 bridgehead atoms. The summed E-state index contributed by atoms with van der Waals surface area (Å²) in [7, 11) is 1.41. The number of benzene rings is 1. The molecule has 0 radical (unpaired) electrons. The van der Waals surface area contributed by atoms with Crippen molar-refractivity contribution >= 4 is 5.97 Å². The zero-order chi connectivity index (χ0) is 13.2. The van der Waals surface area contributed by atoms with Gasteiger partial charge in [0.1, 0.15) is 0 Å². The van der Waals surface area contributed by atoms with Gasteiger partial charge in [-0.2, -0.15) is 0 Å². The molecule has 1 heterocycles. The van der Waals surface area contributed by atoms with Gasteiger partial charge in [-0.3, -0.25) is 4.79 Å². The monoisotopic (exact) mass is 243 g/mol. The van der Waals surface area contributed by atoms with Crippen LogP contribution in [0, 0.1) is 0 Å². The number of hydrogen-bond acceptors (Lipinski definition) is 2. The Morgan fingerprint density at radius 1 is 1.11 bits per heavy atom. The highest BCUT2D eigenvalue weighted by molar-refractivity contribution is 5.82. The van der Waals surface area contributed by atoms with Crippen molar-refractivity contribution < 1.29 is 9.53 Å². The van der Waals surface area contributed by atoms with Crippen LogP contribution < -0.4 is 0 Å². The number of rotatable bonds is 3. The topological polar surface area (TPSA) is 31.2 Å². The number of esters is 1. The van der Waals surface area contributed by atoms with Crippen molar-refractivity contribution in [3.05, 3.63) is 54.4 Å². The van der Waals surface area contributed by atoms with Crippen molar-refractivity contribution in [1.82, 2.24) is 4.57 Å². The van der Waals surface area contributed by atoms with E-state index in [4.69, 9.17) is 4.74 Å². The van der Waals surface area contributed by atoms with Crippen LogP contribution in [0.4, 0.5) is 0 Å². The average molecular weight is 243 g/mol. The third-order valence-corrected chi connectivity index (χ3v) is 3.19. The molecule has 0 saturated heterocycles. The number of carbonyl (C=O) groups excluding carboxylic acids is 1. The highest BCUT2D eigenvalue weighted by Crippen LogP contribution is 2.25. The van der Waals surface area contributed by atoms with Gasteiger partial charge >= 0.3 is 5.97 Å². The molecule has 0 aliphatic rings. The first-order valence-corrected chi connectivity index (χ1v) is 5.88. The second-order valence-corrected chi connectivity index (χ2v) is 4.75. The van der Waals surface area contributed by atoms with Gasteiger partial charge in [0, 0.05) is 18.1 Å². The number of ether oxygens (including phenoxy) is 1. The van der Waals surface area contributed by atoms with Gasteiger partial charge in [0.15, 0.2) is 0 Å². The lowest BCUT2D eigenvalue weighted by atomic mass is 9.85. The molecule has 0 fully saturated rings. The summed E-state index contributed by atoms with van der Waals surface area (Å²) in [6.07, 6.45) is 3.97. The van der Waals surface area contributed by atoms with E-state index in [9.17, 15) is 4.79 Å². The first-order chi connectivity index (χ1) is 8.55. The van der Waals surface area contributed by atoms with Crippen molar-refractivity contribution in [3.63, 3.8) is 0 Å². The Hall–Kier alpha value is -2.03. The van der Waals surface area contributed by atoms with Gasteiger partial charge in [-0.25, -0.2) is 0 Å². The average Bonchev–Trinajstić information content (AvgIpc) is 2.91. The SMILES string of the molecule is COC(=O)C(C)(C)c1ccc(-n2cccc2)cc1. The molecule has 18 heavy (non-hydrogen) atoms. The van der Waals surface area contributed by atoms with E-state index in [0.29, 0.717) is 0 Å². The van der Waals surface area contributed by atoms with E-state index in [1.54, 1.807) is 0 Å². The zero-order valence-electron chi connectivity index (χ0n) is 10.9. The number of carbonyl (C=O) groups is 1. The van der Waals surface area contributed by atoms with Gasteiger partial charge in [0.2, 0.25) is 0 Å². The fraction of sp³-hybridized carbons (Fsp3) is 0.267. The summed E-state index contributed by atoms with van der Waals surface area (Å²) < 4.78 is 6.85. The summed E-state index contributed by atoms with van der Waals surface area (Å²) in [5.74, 6) is -0.226. The van der Waals surface area contributed by atoms with E-state index < -0.39 is 5.41 Å². The first kappa shape index (κ1) is 12.4. The minimum absolute atomic E-state index is 0.226. The predicted octanol–water partition coefficient (Wildman–Crippen LogP) is 2.93. The molecule has 2 aromatic rings. The summed E-state index contributed by atoms with van der Waals surface area (Å²) in [4.78, 5) is 11.7. The third-order valence-electron chi connectivity index (χ3n) is 3.19. The Morgan fingerprint density at radius 2 is 1.67 bits per heavy atom. The maximum Gasteiger partial charge on any atom is 0.315 e. The van der Waals surface area contributed by atoms with Gasteiger partial charge in [-0.15, -0.1) is 0 Å². The third kappa shape index (κ3) is 2.16. The summed E-state index contributed by atoms with van der Waals surface area (Å²) >= 11 is 0. The highest BCUT2D eigenvalue weighted by Gasteiger charge is 2.30. The molecular weight excluding hydrogens is 226 g/mol. The van der Waals surface area contributed by atoms with Crippen molar-refractivity contribution in [2.24, 2.45) is 0 Å².